The van der Waals surface area contributed by atoms with Gasteiger partial charge >= 0.3 is 11.9 Å². The van der Waals surface area contributed by atoms with E-state index in [9.17, 15) is 22.6 Å². The van der Waals surface area contributed by atoms with Crippen molar-refractivity contribution < 1.29 is 42.3 Å². The van der Waals surface area contributed by atoms with Gasteiger partial charge in [0.1, 0.15) is 34.4 Å². The van der Waals surface area contributed by atoms with Gasteiger partial charge in [-0.3, -0.25) is 4.21 Å². The maximum Gasteiger partial charge on any atom is 0.343 e. The lowest BCUT2D eigenvalue weighted by molar-refractivity contribution is 0.0516. The van der Waals surface area contributed by atoms with Crippen LogP contribution in [0.3, 0.4) is 0 Å². The molecule has 1 saturated heterocycles. The van der Waals surface area contributed by atoms with Crippen LogP contribution < -0.4 is 15.5 Å². The number of piperidine rings is 1. The summed E-state index contributed by atoms with van der Waals surface area (Å²) in [5, 5.41) is 24.2. The highest BCUT2D eigenvalue weighted by Crippen LogP contribution is 2.45. The van der Waals surface area contributed by atoms with Crippen molar-refractivity contribution in [1.29, 1.82) is 0 Å². The number of anilines is 3. The summed E-state index contributed by atoms with van der Waals surface area (Å²) in [4.78, 5) is 43.3. The average Bonchev–Trinajstić information content (AvgIpc) is 3.77. The van der Waals surface area contributed by atoms with Gasteiger partial charge in [0.2, 0.25) is 11.1 Å². The van der Waals surface area contributed by atoms with E-state index in [1.165, 1.54) is 43.3 Å². The number of hydrogen-bond donors (Lipinski definition) is 4. The first kappa shape index (κ1) is 39.1. The maximum atomic E-state index is 13.9. The van der Waals surface area contributed by atoms with Crippen LogP contribution in [0.4, 0.5) is 26.4 Å². The van der Waals surface area contributed by atoms with Crippen molar-refractivity contribution in [2.45, 2.75) is 51.7 Å². The Morgan fingerprint density at radius 2 is 1.32 bits per heavy atom. The van der Waals surface area contributed by atoms with Crippen molar-refractivity contribution in [2.24, 2.45) is 11.8 Å². The number of fused-ring (bicyclic) bond motifs is 1. The smallest absolute Gasteiger partial charge is 0.343 e. The summed E-state index contributed by atoms with van der Waals surface area (Å²) in [6, 6.07) is 9.03. The zero-order valence-corrected chi connectivity index (χ0v) is 30.3. The number of esters is 2. The normalized spacial score (nSPS) is 16.2. The Morgan fingerprint density at radius 3 is 1.77 bits per heavy atom. The summed E-state index contributed by atoms with van der Waals surface area (Å²) < 4.78 is 49.2. The fraction of sp³-hybridized carbons (Fsp3) is 0.389. The minimum absolute atomic E-state index is 0.0670. The first-order valence-electron chi connectivity index (χ1n) is 17.0. The molecule has 2 fully saturated rings. The minimum atomic E-state index is -1.42. The minimum Gasteiger partial charge on any atom is -0.462 e. The largest absolute Gasteiger partial charge is 0.462 e. The standard InChI is InChI=1S/C20H23FN4O3.C16H18FN3O4S/c1-2-28-19(27)16-8-23-20(25-9-14-6-15(14)10-25)24-18(16)22-7-12-3-4-13(11-26)17(21)5-12;1-3-24-15(22)12-8-19-16(25(2)23)20-14(12)18-7-10-4-5-11(9-21)13(17)6-10/h3-5,8,14-15,26H,2,6-7,9-11H2,1H3,(H,22,23,24);4-6,8,21H,3,7,9H2,1-2H3,(H,18,19,20). The molecule has 2 aromatic carbocycles. The first-order valence-corrected chi connectivity index (χ1v) is 18.5. The van der Waals surface area contributed by atoms with Crippen LogP contribution in [0.25, 0.3) is 0 Å². The SMILES string of the molecule is CCOC(=O)c1cnc(N2CC3CC3C2)nc1NCc1ccc(CO)c(F)c1.CCOC(=O)c1cnc(S(C)=O)nc1NCc1ccc(CO)c(F)c1. The molecule has 14 nitrogen and oxygen atoms in total. The lowest BCUT2D eigenvalue weighted by atomic mass is 10.1. The van der Waals surface area contributed by atoms with E-state index in [1.54, 1.807) is 32.0 Å². The van der Waals surface area contributed by atoms with E-state index in [0.717, 1.165) is 24.9 Å². The summed E-state index contributed by atoms with van der Waals surface area (Å²) >= 11 is 0. The van der Waals surface area contributed by atoms with Crippen molar-refractivity contribution >= 4 is 40.3 Å². The quantitative estimate of drug-likeness (QED) is 0.107. The number of benzene rings is 2. The average molecular weight is 754 g/mol. The topological polar surface area (TPSA) is 189 Å². The Balaban J connectivity index is 0.000000206. The van der Waals surface area contributed by atoms with Gasteiger partial charge < -0.3 is 35.2 Å². The van der Waals surface area contributed by atoms with Crippen LogP contribution in [-0.4, -0.2) is 78.9 Å². The molecule has 0 radical (unpaired) electrons. The first-order chi connectivity index (χ1) is 25.5. The number of halogens is 2. The molecule has 3 heterocycles. The van der Waals surface area contributed by atoms with Crippen LogP contribution in [0.15, 0.2) is 53.9 Å². The van der Waals surface area contributed by atoms with Crippen molar-refractivity contribution in [1.82, 2.24) is 19.9 Å². The molecule has 282 valence electrons. The lowest BCUT2D eigenvalue weighted by Gasteiger charge is -2.19. The number of aliphatic hydroxyl groups is 2. The molecule has 2 aliphatic rings. The summed E-state index contributed by atoms with van der Waals surface area (Å²) in [6.45, 7) is 5.45. The predicted octanol–water partition coefficient (Wildman–Crippen LogP) is 3.99. The maximum absolute atomic E-state index is 13.9. The fourth-order valence-corrected chi connectivity index (χ4v) is 6.03. The monoisotopic (exact) mass is 753 g/mol. The van der Waals surface area contributed by atoms with Gasteiger partial charge in [-0.2, -0.15) is 4.98 Å². The van der Waals surface area contributed by atoms with Crippen molar-refractivity contribution in [2.75, 3.05) is 48.1 Å². The third-order valence-corrected chi connectivity index (χ3v) is 9.26. The van der Waals surface area contributed by atoms with Crippen molar-refractivity contribution in [3.8, 4) is 0 Å². The number of nitrogens with one attached hydrogen (secondary N) is 2. The second-order valence-corrected chi connectivity index (χ2v) is 13.6. The Kier molecular flexibility index (Phi) is 13.3. The van der Waals surface area contributed by atoms with Gasteiger partial charge in [-0.1, -0.05) is 24.3 Å². The van der Waals surface area contributed by atoms with Gasteiger partial charge in [0.25, 0.3) is 0 Å². The van der Waals surface area contributed by atoms with Gasteiger partial charge in [-0.25, -0.2) is 33.3 Å². The fourth-order valence-electron chi connectivity index (χ4n) is 5.61. The summed E-state index contributed by atoms with van der Waals surface area (Å²) in [5.74, 6) is 0.487. The van der Waals surface area contributed by atoms with Gasteiger partial charge in [0.05, 0.1) is 37.2 Å². The molecule has 3 unspecified atom stereocenters. The van der Waals surface area contributed by atoms with Gasteiger partial charge in [-0.05, 0) is 55.4 Å². The second kappa shape index (κ2) is 18.1. The van der Waals surface area contributed by atoms with Crippen LogP contribution in [0, 0.1) is 23.5 Å². The zero-order valence-electron chi connectivity index (χ0n) is 29.5. The Morgan fingerprint density at radius 1 is 0.830 bits per heavy atom. The van der Waals surface area contributed by atoms with E-state index >= 15 is 0 Å². The van der Waals surface area contributed by atoms with Crippen LogP contribution in [0.1, 0.15) is 63.2 Å². The number of carbonyl (C=O) groups excluding carboxylic acids is 2. The molecule has 1 saturated carbocycles. The van der Waals surface area contributed by atoms with Crippen molar-refractivity contribution in [3.63, 3.8) is 0 Å². The number of nitrogens with zero attached hydrogens (tertiary/aromatic N) is 5. The summed E-state index contributed by atoms with van der Waals surface area (Å²) in [6.07, 6.45) is 5.44. The molecule has 6 rings (SSSR count). The van der Waals surface area contributed by atoms with Crippen LogP contribution in [-0.2, 0) is 46.6 Å². The Labute approximate surface area is 307 Å². The molecule has 4 aromatic rings. The number of hydrogen-bond acceptors (Lipinski definition) is 14. The van der Waals surface area contributed by atoms with Gasteiger partial charge in [-0.15, -0.1) is 0 Å². The second-order valence-electron chi connectivity index (χ2n) is 12.3. The molecule has 1 aliphatic carbocycles. The summed E-state index contributed by atoms with van der Waals surface area (Å²) in [5.41, 5.74) is 2.05. The van der Waals surface area contributed by atoms with Gasteiger partial charge in [0, 0.05) is 56.0 Å². The molecular weight excluding hydrogens is 713 g/mol. The molecule has 3 atom stereocenters. The van der Waals surface area contributed by atoms with E-state index < -0.39 is 34.4 Å². The van der Waals surface area contributed by atoms with E-state index in [-0.39, 0.29) is 72.7 Å². The number of aromatic nitrogens is 4. The van der Waals surface area contributed by atoms with E-state index in [2.05, 4.69) is 35.5 Å². The van der Waals surface area contributed by atoms with E-state index in [1.807, 2.05) is 0 Å². The van der Waals surface area contributed by atoms with Crippen LogP contribution in [0.2, 0.25) is 0 Å². The molecule has 0 amide bonds. The molecule has 0 bridgehead atoms. The number of ether oxygens (including phenoxy) is 2. The van der Waals surface area contributed by atoms with Gasteiger partial charge in [0.15, 0.2) is 0 Å². The highest BCUT2D eigenvalue weighted by atomic mass is 32.2. The Bertz CT molecular complexity index is 1960. The predicted molar refractivity (Wildman–Crippen MR) is 191 cm³/mol. The molecule has 2 aromatic heterocycles. The van der Waals surface area contributed by atoms with Crippen molar-refractivity contribution in [3.05, 3.63) is 93.8 Å². The number of aliphatic hydroxyl groups excluding tert-OH is 2. The Hall–Kier alpha value is -5.13. The summed E-state index contributed by atoms with van der Waals surface area (Å²) in [7, 11) is -1.42. The molecule has 53 heavy (non-hydrogen) atoms. The third-order valence-electron chi connectivity index (χ3n) is 8.55. The van der Waals surface area contributed by atoms with Crippen LogP contribution in [0.5, 0.6) is 0 Å². The molecular formula is C36H41F2N7O7S. The zero-order chi connectivity index (χ0) is 38.1. The van der Waals surface area contributed by atoms with Crippen LogP contribution >= 0.6 is 0 Å². The lowest BCUT2D eigenvalue weighted by Crippen LogP contribution is -2.25. The highest BCUT2D eigenvalue weighted by Gasteiger charge is 2.46. The number of carbonyl (C=O) groups is 2. The van der Waals surface area contributed by atoms with E-state index in [0.29, 0.717) is 22.9 Å². The molecule has 1 aliphatic heterocycles. The third kappa shape index (κ3) is 10.1. The number of rotatable bonds is 14. The molecule has 4 N–H and O–H groups in total. The molecule has 17 heteroatoms. The highest BCUT2D eigenvalue weighted by molar-refractivity contribution is 7.84. The molecule has 0 spiro atoms. The van der Waals surface area contributed by atoms with E-state index in [4.69, 9.17) is 19.7 Å².